The summed E-state index contributed by atoms with van der Waals surface area (Å²) >= 11 is 1.72. The van der Waals surface area contributed by atoms with Crippen LogP contribution >= 0.6 is 11.3 Å². The molecule has 0 saturated heterocycles. The van der Waals surface area contributed by atoms with E-state index in [1.807, 2.05) is 13.0 Å². The van der Waals surface area contributed by atoms with E-state index in [1.165, 1.54) is 9.75 Å². The maximum Gasteiger partial charge on any atom is 0.103 e. The van der Waals surface area contributed by atoms with E-state index in [9.17, 15) is 5.11 Å². The third-order valence-electron chi connectivity index (χ3n) is 2.06. The van der Waals surface area contributed by atoms with Gasteiger partial charge in [-0.3, -0.25) is 0 Å². The summed E-state index contributed by atoms with van der Waals surface area (Å²) in [7, 11) is 0. The third kappa shape index (κ3) is 3.08. The highest BCUT2D eigenvalue weighted by molar-refractivity contribution is 7.12. The number of aryl methyl sites for hydroxylation is 2. The molecule has 1 aromatic heterocycles. The first-order chi connectivity index (χ1) is 6.65. The minimum Gasteiger partial charge on any atom is -0.386 e. The first kappa shape index (κ1) is 11.7. The van der Waals surface area contributed by atoms with Gasteiger partial charge in [-0.2, -0.15) is 0 Å². The SMILES string of the molecule is CCCOCC(O)c1cc(C)sc1C. The maximum absolute atomic E-state index is 9.82. The second-order valence-corrected chi connectivity index (χ2v) is 4.92. The molecule has 1 heterocycles. The van der Waals surface area contributed by atoms with Crippen LogP contribution in [0.25, 0.3) is 0 Å². The topological polar surface area (TPSA) is 29.5 Å². The van der Waals surface area contributed by atoms with Gasteiger partial charge in [0.05, 0.1) is 6.61 Å². The van der Waals surface area contributed by atoms with Gasteiger partial charge in [0.15, 0.2) is 0 Å². The standard InChI is InChI=1S/C11H18O2S/c1-4-5-13-7-11(12)10-6-8(2)14-9(10)3/h6,11-12H,4-5,7H2,1-3H3. The van der Waals surface area contributed by atoms with Crippen molar-refractivity contribution < 1.29 is 9.84 Å². The van der Waals surface area contributed by atoms with Gasteiger partial charge < -0.3 is 9.84 Å². The van der Waals surface area contributed by atoms with E-state index in [0.29, 0.717) is 6.61 Å². The van der Waals surface area contributed by atoms with Gasteiger partial charge in [0, 0.05) is 16.4 Å². The van der Waals surface area contributed by atoms with Gasteiger partial charge in [0.25, 0.3) is 0 Å². The molecule has 2 nitrogen and oxygen atoms in total. The zero-order chi connectivity index (χ0) is 10.6. The van der Waals surface area contributed by atoms with Gasteiger partial charge in [-0.15, -0.1) is 11.3 Å². The summed E-state index contributed by atoms with van der Waals surface area (Å²) in [5.41, 5.74) is 1.02. The summed E-state index contributed by atoms with van der Waals surface area (Å²) in [5.74, 6) is 0. The number of ether oxygens (including phenoxy) is 1. The predicted molar refractivity (Wildman–Crippen MR) is 59.9 cm³/mol. The molecule has 0 fully saturated rings. The normalized spacial score (nSPS) is 13.1. The lowest BCUT2D eigenvalue weighted by molar-refractivity contribution is 0.0363. The molecule has 0 aromatic carbocycles. The van der Waals surface area contributed by atoms with E-state index in [2.05, 4.69) is 13.8 Å². The minimum atomic E-state index is -0.466. The molecular formula is C11H18O2S. The fraction of sp³-hybridized carbons (Fsp3) is 0.636. The van der Waals surface area contributed by atoms with Crippen LogP contribution in [0.4, 0.5) is 0 Å². The minimum absolute atomic E-state index is 0.408. The van der Waals surface area contributed by atoms with Crippen molar-refractivity contribution in [3.05, 3.63) is 21.4 Å². The van der Waals surface area contributed by atoms with Crippen molar-refractivity contribution in [2.24, 2.45) is 0 Å². The first-order valence-electron chi connectivity index (χ1n) is 4.98. The van der Waals surface area contributed by atoms with Crippen LogP contribution in [0.3, 0.4) is 0 Å². The summed E-state index contributed by atoms with van der Waals surface area (Å²) < 4.78 is 5.32. The summed E-state index contributed by atoms with van der Waals surface area (Å²) in [6.45, 7) is 7.28. The predicted octanol–water partition coefficient (Wildman–Crippen LogP) is 2.82. The molecular weight excluding hydrogens is 196 g/mol. The molecule has 1 N–H and O–H groups in total. The molecule has 0 radical (unpaired) electrons. The van der Waals surface area contributed by atoms with Crippen LogP contribution in [0.1, 0.15) is 34.8 Å². The van der Waals surface area contributed by atoms with Gasteiger partial charge >= 0.3 is 0 Å². The Kier molecular flexibility index (Phi) is 4.58. The number of hydrogen-bond acceptors (Lipinski definition) is 3. The Morgan fingerprint density at radius 3 is 2.71 bits per heavy atom. The zero-order valence-electron chi connectivity index (χ0n) is 9.04. The highest BCUT2D eigenvalue weighted by Gasteiger charge is 2.12. The monoisotopic (exact) mass is 214 g/mol. The van der Waals surface area contributed by atoms with Crippen LogP contribution in [0, 0.1) is 13.8 Å². The molecule has 1 rings (SSSR count). The molecule has 0 aliphatic carbocycles. The number of thiophene rings is 1. The van der Waals surface area contributed by atoms with Gasteiger partial charge in [-0.1, -0.05) is 6.92 Å². The third-order valence-corrected chi connectivity index (χ3v) is 3.04. The Labute approximate surface area is 89.5 Å². The fourth-order valence-electron chi connectivity index (χ4n) is 1.41. The van der Waals surface area contributed by atoms with Crippen molar-refractivity contribution in [3.63, 3.8) is 0 Å². The summed E-state index contributed by atoms with van der Waals surface area (Å²) in [5, 5.41) is 9.82. The van der Waals surface area contributed by atoms with E-state index in [4.69, 9.17) is 4.74 Å². The van der Waals surface area contributed by atoms with E-state index >= 15 is 0 Å². The molecule has 80 valence electrons. The Bertz CT molecular complexity index is 281. The fourth-order valence-corrected chi connectivity index (χ4v) is 2.39. The molecule has 0 amide bonds. The van der Waals surface area contributed by atoms with Crippen molar-refractivity contribution in [2.45, 2.75) is 33.3 Å². The van der Waals surface area contributed by atoms with E-state index < -0.39 is 6.10 Å². The Morgan fingerprint density at radius 2 is 2.21 bits per heavy atom. The number of hydrogen-bond donors (Lipinski definition) is 1. The second kappa shape index (κ2) is 5.49. The van der Waals surface area contributed by atoms with E-state index in [1.54, 1.807) is 11.3 Å². The van der Waals surface area contributed by atoms with Gasteiger partial charge in [0.2, 0.25) is 0 Å². The largest absolute Gasteiger partial charge is 0.386 e. The molecule has 1 unspecified atom stereocenters. The van der Waals surface area contributed by atoms with Crippen LogP contribution in [0.15, 0.2) is 6.07 Å². The summed E-state index contributed by atoms with van der Waals surface area (Å²) in [4.78, 5) is 2.43. The second-order valence-electron chi connectivity index (χ2n) is 3.46. The van der Waals surface area contributed by atoms with Crippen LogP contribution in [-0.2, 0) is 4.74 Å². The summed E-state index contributed by atoms with van der Waals surface area (Å²) in [6.07, 6.45) is 0.528. The van der Waals surface area contributed by atoms with E-state index in [0.717, 1.165) is 18.6 Å². The molecule has 0 aliphatic heterocycles. The lowest BCUT2D eigenvalue weighted by atomic mass is 10.1. The maximum atomic E-state index is 9.82. The van der Waals surface area contributed by atoms with Crippen molar-refractivity contribution >= 4 is 11.3 Å². The van der Waals surface area contributed by atoms with Crippen molar-refractivity contribution in [1.29, 1.82) is 0 Å². The molecule has 1 atom stereocenters. The first-order valence-corrected chi connectivity index (χ1v) is 5.79. The lowest BCUT2D eigenvalue weighted by Gasteiger charge is -2.10. The highest BCUT2D eigenvalue weighted by Crippen LogP contribution is 2.26. The van der Waals surface area contributed by atoms with Gasteiger partial charge in [0.1, 0.15) is 6.10 Å². The molecule has 3 heteroatoms. The molecule has 14 heavy (non-hydrogen) atoms. The smallest absolute Gasteiger partial charge is 0.103 e. The number of aliphatic hydroxyl groups is 1. The Morgan fingerprint density at radius 1 is 1.50 bits per heavy atom. The molecule has 1 aromatic rings. The van der Waals surface area contributed by atoms with Gasteiger partial charge in [-0.25, -0.2) is 0 Å². The number of aliphatic hydroxyl groups excluding tert-OH is 1. The number of rotatable bonds is 5. The average molecular weight is 214 g/mol. The van der Waals surface area contributed by atoms with Crippen molar-refractivity contribution in [2.75, 3.05) is 13.2 Å². The van der Waals surface area contributed by atoms with Gasteiger partial charge in [-0.05, 0) is 31.9 Å². The summed E-state index contributed by atoms with van der Waals surface area (Å²) in [6, 6.07) is 2.04. The molecule has 0 spiro atoms. The highest BCUT2D eigenvalue weighted by atomic mass is 32.1. The average Bonchev–Trinajstić information content (AvgIpc) is 2.45. The quantitative estimate of drug-likeness (QED) is 0.764. The van der Waals surface area contributed by atoms with Crippen molar-refractivity contribution in [1.82, 2.24) is 0 Å². The van der Waals surface area contributed by atoms with E-state index in [-0.39, 0.29) is 0 Å². The zero-order valence-corrected chi connectivity index (χ0v) is 9.86. The van der Waals surface area contributed by atoms with Crippen LogP contribution in [0.2, 0.25) is 0 Å². The molecule has 0 bridgehead atoms. The Balaban J connectivity index is 2.51. The molecule has 0 aliphatic rings. The van der Waals surface area contributed by atoms with Crippen LogP contribution < -0.4 is 0 Å². The van der Waals surface area contributed by atoms with Crippen LogP contribution in [0.5, 0.6) is 0 Å². The van der Waals surface area contributed by atoms with Crippen molar-refractivity contribution in [3.8, 4) is 0 Å². The Hall–Kier alpha value is -0.380. The van der Waals surface area contributed by atoms with Crippen LogP contribution in [-0.4, -0.2) is 18.3 Å². The molecule has 0 saturated carbocycles. The lowest BCUT2D eigenvalue weighted by Crippen LogP contribution is -2.07.